The largest absolute Gasteiger partial charge is 0.481 e. The molecule has 2 rings (SSSR count). The van der Waals surface area contributed by atoms with Crippen LogP contribution in [-0.4, -0.2) is 56.2 Å². The Morgan fingerprint density at radius 1 is 1.10 bits per heavy atom. The molecule has 0 amide bonds. The fourth-order valence-corrected chi connectivity index (χ4v) is 4.03. The number of rotatable bonds is 11. The summed E-state index contributed by atoms with van der Waals surface area (Å²) in [5.41, 5.74) is -3.86. The monoisotopic (exact) mass is 436 g/mol. The SMILES string of the molecule is COC(=O)C(C)(C)C(C)(C(=O)OCOCC1CO1)C(c1ccccc1)C(C)(C)C(=O)O. The maximum atomic E-state index is 13.5. The molecule has 0 aliphatic carbocycles. The van der Waals surface area contributed by atoms with Gasteiger partial charge in [-0.05, 0) is 40.2 Å². The molecule has 8 heteroatoms. The van der Waals surface area contributed by atoms with Crippen molar-refractivity contribution in [3.8, 4) is 0 Å². The van der Waals surface area contributed by atoms with Crippen molar-refractivity contribution in [3.63, 3.8) is 0 Å². The Bertz CT molecular complexity index is 797. The topological polar surface area (TPSA) is 112 Å². The Hall–Kier alpha value is -2.45. The highest BCUT2D eigenvalue weighted by Crippen LogP contribution is 2.57. The van der Waals surface area contributed by atoms with E-state index in [0.717, 1.165) is 0 Å². The van der Waals surface area contributed by atoms with Gasteiger partial charge in [0.2, 0.25) is 0 Å². The summed E-state index contributed by atoms with van der Waals surface area (Å²) in [5.74, 6) is -3.43. The number of carbonyl (C=O) groups is 3. The average Bonchev–Trinajstić information content (AvgIpc) is 3.55. The van der Waals surface area contributed by atoms with Crippen LogP contribution in [0.3, 0.4) is 0 Å². The van der Waals surface area contributed by atoms with Crippen molar-refractivity contribution in [3.05, 3.63) is 35.9 Å². The number of esters is 2. The van der Waals surface area contributed by atoms with Crippen molar-refractivity contribution in [2.45, 2.75) is 46.6 Å². The van der Waals surface area contributed by atoms with Gasteiger partial charge in [0, 0.05) is 5.92 Å². The van der Waals surface area contributed by atoms with Crippen LogP contribution in [0.25, 0.3) is 0 Å². The Kier molecular flexibility index (Phi) is 7.49. The zero-order valence-electron chi connectivity index (χ0n) is 19.0. The molecule has 172 valence electrons. The number of epoxide rings is 1. The number of carbonyl (C=O) groups excluding carboxylic acids is 2. The molecule has 1 heterocycles. The minimum atomic E-state index is -1.61. The van der Waals surface area contributed by atoms with Crippen LogP contribution in [0.4, 0.5) is 0 Å². The van der Waals surface area contributed by atoms with Gasteiger partial charge in [0.1, 0.15) is 6.10 Å². The minimum Gasteiger partial charge on any atom is -0.481 e. The predicted octanol–water partition coefficient (Wildman–Crippen LogP) is 3.00. The maximum Gasteiger partial charge on any atom is 0.315 e. The van der Waals surface area contributed by atoms with E-state index in [2.05, 4.69) is 0 Å². The maximum absolute atomic E-state index is 13.5. The van der Waals surface area contributed by atoms with Gasteiger partial charge in [-0.15, -0.1) is 0 Å². The molecule has 8 nitrogen and oxygen atoms in total. The van der Waals surface area contributed by atoms with Crippen LogP contribution in [0.1, 0.15) is 46.1 Å². The van der Waals surface area contributed by atoms with Crippen molar-refractivity contribution < 1.29 is 38.4 Å². The van der Waals surface area contributed by atoms with Crippen LogP contribution in [0.5, 0.6) is 0 Å². The molecule has 0 aromatic heterocycles. The van der Waals surface area contributed by atoms with E-state index in [-0.39, 0.29) is 19.5 Å². The fraction of sp³-hybridized carbons (Fsp3) is 0.609. The molecule has 1 aromatic carbocycles. The van der Waals surface area contributed by atoms with E-state index in [9.17, 15) is 19.5 Å². The summed E-state index contributed by atoms with van der Waals surface area (Å²) >= 11 is 0. The summed E-state index contributed by atoms with van der Waals surface area (Å²) < 4.78 is 20.8. The van der Waals surface area contributed by atoms with Gasteiger partial charge in [0.05, 0.1) is 36.6 Å². The lowest BCUT2D eigenvalue weighted by atomic mass is 9.52. The van der Waals surface area contributed by atoms with E-state index in [0.29, 0.717) is 12.2 Å². The zero-order chi connectivity index (χ0) is 23.4. The summed E-state index contributed by atoms with van der Waals surface area (Å²) in [7, 11) is 1.23. The third-order valence-corrected chi connectivity index (χ3v) is 6.38. The predicted molar refractivity (Wildman–Crippen MR) is 111 cm³/mol. The zero-order valence-corrected chi connectivity index (χ0v) is 19.0. The van der Waals surface area contributed by atoms with Gasteiger partial charge in [-0.25, -0.2) is 0 Å². The summed E-state index contributed by atoms with van der Waals surface area (Å²) in [4.78, 5) is 38.7. The Morgan fingerprint density at radius 2 is 1.68 bits per heavy atom. The van der Waals surface area contributed by atoms with E-state index < -0.39 is 40.1 Å². The number of hydrogen-bond donors (Lipinski definition) is 1. The molecule has 3 atom stereocenters. The summed E-state index contributed by atoms with van der Waals surface area (Å²) in [5, 5.41) is 10.1. The fourth-order valence-electron chi connectivity index (χ4n) is 4.03. The van der Waals surface area contributed by atoms with Crippen LogP contribution in [0.15, 0.2) is 30.3 Å². The number of hydrogen-bond acceptors (Lipinski definition) is 7. The molecule has 0 saturated carbocycles. The lowest BCUT2D eigenvalue weighted by Gasteiger charge is -2.49. The highest BCUT2D eigenvalue weighted by atomic mass is 16.7. The third-order valence-electron chi connectivity index (χ3n) is 6.38. The Morgan fingerprint density at radius 3 is 2.16 bits per heavy atom. The van der Waals surface area contributed by atoms with E-state index >= 15 is 0 Å². The molecule has 0 bridgehead atoms. The van der Waals surface area contributed by atoms with Crippen LogP contribution in [0, 0.1) is 16.2 Å². The normalized spacial score (nSPS) is 19.1. The molecular formula is C23H32O8. The molecule has 31 heavy (non-hydrogen) atoms. The Labute approximate surface area is 182 Å². The first-order valence-electron chi connectivity index (χ1n) is 10.1. The van der Waals surface area contributed by atoms with Gasteiger partial charge in [0.15, 0.2) is 6.79 Å². The van der Waals surface area contributed by atoms with E-state index in [1.54, 1.807) is 51.1 Å². The van der Waals surface area contributed by atoms with Crippen LogP contribution in [0.2, 0.25) is 0 Å². The third kappa shape index (κ3) is 4.91. The second-order valence-corrected chi connectivity index (χ2v) is 9.07. The number of methoxy groups -OCH3 is 1. The van der Waals surface area contributed by atoms with Crippen LogP contribution in [-0.2, 0) is 33.3 Å². The second kappa shape index (κ2) is 9.36. The number of aliphatic carboxylic acids is 1. The lowest BCUT2D eigenvalue weighted by Crippen LogP contribution is -2.56. The van der Waals surface area contributed by atoms with E-state index in [1.807, 2.05) is 0 Å². The van der Waals surface area contributed by atoms with Gasteiger partial charge in [0.25, 0.3) is 0 Å². The number of ether oxygens (including phenoxy) is 4. The van der Waals surface area contributed by atoms with Crippen LogP contribution < -0.4 is 0 Å². The molecule has 0 radical (unpaired) electrons. The smallest absolute Gasteiger partial charge is 0.315 e. The van der Waals surface area contributed by atoms with Crippen LogP contribution >= 0.6 is 0 Å². The van der Waals surface area contributed by atoms with Crippen molar-refractivity contribution in [2.75, 3.05) is 27.1 Å². The molecule has 1 fully saturated rings. The molecule has 1 saturated heterocycles. The van der Waals surface area contributed by atoms with Crippen molar-refractivity contribution in [2.24, 2.45) is 16.2 Å². The molecule has 1 aliphatic heterocycles. The molecular weight excluding hydrogens is 404 g/mol. The van der Waals surface area contributed by atoms with E-state index in [4.69, 9.17) is 18.9 Å². The van der Waals surface area contributed by atoms with E-state index in [1.165, 1.54) is 21.0 Å². The highest BCUT2D eigenvalue weighted by Gasteiger charge is 2.63. The highest BCUT2D eigenvalue weighted by molar-refractivity contribution is 5.90. The first-order chi connectivity index (χ1) is 14.4. The van der Waals surface area contributed by atoms with Gasteiger partial charge >= 0.3 is 17.9 Å². The molecule has 1 N–H and O–H groups in total. The van der Waals surface area contributed by atoms with Gasteiger partial charge in [-0.2, -0.15) is 0 Å². The molecule has 1 aromatic rings. The van der Waals surface area contributed by atoms with Gasteiger partial charge in [-0.3, -0.25) is 14.4 Å². The minimum absolute atomic E-state index is 0.000364. The number of carboxylic acids is 1. The first kappa shape index (κ1) is 24.8. The number of benzene rings is 1. The summed E-state index contributed by atoms with van der Waals surface area (Å²) in [6, 6.07) is 8.80. The average molecular weight is 437 g/mol. The standard InChI is InChI=1S/C23H32O8/c1-21(2,18(24)25)17(15-10-8-7-9-11-15)23(5,22(3,4)19(26)28-6)20(27)31-14-29-12-16-13-30-16/h7-11,16-17H,12-14H2,1-6H3,(H,24,25). The Balaban J connectivity index is 2.56. The van der Waals surface area contributed by atoms with Gasteiger partial charge in [-0.1, -0.05) is 30.3 Å². The second-order valence-electron chi connectivity index (χ2n) is 9.07. The number of carboxylic acid groups (broad SMARTS) is 1. The summed E-state index contributed by atoms with van der Waals surface area (Å²) in [6.45, 7) is 8.30. The molecule has 1 aliphatic rings. The van der Waals surface area contributed by atoms with Crippen molar-refractivity contribution in [1.82, 2.24) is 0 Å². The first-order valence-corrected chi connectivity index (χ1v) is 10.1. The van der Waals surface area contributed by atoms with Gasteiger partial charge < -0.3 is 24.1 Å². The molecule has 3 unspecified atom stereocenters. The van der Waals surface area contributed by atoms with Crippen molar-refractivity contribution >= 4 is 17.9 Å². The van der Waals surface area contributed by atoms with Crippen molar-refractivity contribution in [1.29, 1.82) is 0 Å². The summed E-state index contributed by atoms with van der Waals surface area (Å²) in [6.07, 6.45) is -0.000364. The quantitative estimate of drug-likeness (QED) is 0.244. The lowest BCUT2D eigenvalue weighted by molar-refractivity contribution is -0.191. The molecule has 0 spiro atoms.